The second-order valence-electron chi connectivity index (χ2n) is 5.11. The Morgan fingerprint density at radius 2 is 1.65 bits per heavy atom. The van der Waals surface area contributed by atoms with E-state index >= 15 is 0 Å². The van der Waals surface area contributed by atoms with Crippen molar-refractivity contribution < 1.29 is 9.84 Å². The van der Waals surface area contributed by atoms with Crippen LogP contribution in [0.3, 0.4) is 0 Å². The first-order valence-corrected chi connectivity index (χ1v) is 6.55. The van der Waals surface area contributed by atoms with Gasteiger partial charge in [0.05, 0.1) is 0 Å². The molecule has 0 heterocycles. The van der Waals surface area contributed by atoms with Gasteiger partial charge in [0.2, 0.25) is 0 Å². The lowest BCUT2D eigenvalue weighted by Gasteiger charge is -2.07. The van der Waals surface area contributed by atoms with E-state index in [1.165, 1.54) is 0 Å². The largest absolute Gasteiger partial charge is 0.489 e. The predicted molar refractivity (Wildman–Crippen MR) is 80.4 cm³/mol. The van der Waals surface area contributed by atoms with Crippen molar-refractivity contribution in [1.82, 2.24) is 0 Å². The van der Waals surface area contributed by atoms with Crippen LogP contribution >= 0.6 is 0 Å². The highest BCUT2D eigenvalue weighted by Gasteiger charge is 2.05. The molecule has 0 atom stereocenters. The van der Waals surface area contributed by atoms with Gasteiger partial charge >= 0.3 is 0 Å². The zero-order valence-corrected chi connectivity index (χ0v) is 11.8. The molecule has 0 fully saturated rings. The van der Waals surface area contributed by atoms with Crippen molar-refractivity contribution in [2.24, 2.45) is 0 Å². The highest BCUT2D eigenvalue weighted by Crippen LogP contribution is 2.14. The number of rotatable bonds is 3. The Morgan fingerprint density at radius 1 is 1.00 bits per heavy atom. The van der Waals surface area contributed by atoms with E-state index in [4.69, 9.17) is 4.74 Å². The molecule has 0 radical (unpaired) electrons. The Hall–Kier alpha value is -2.24. The molecule has 0 amide bonds. The fourth-order valence-electron chi connectivity index (χ4n) is 1.60. The van der Waals surface area contributed by atoms with E-state index < -0.39 is 5.60 Å². The number of ether oxygens (including phenoxy) is 1. The van der Waals surface area contributed by atoms with Gasteiger partial charge in [-0.15, -0.1) is 0 Å². The van der Waals surface area contributed by atoms with Crippen LogP contribution in [0.1, 0.15) is 25.0 Å². The quantitative estimate of drug-likeness (QED) is 0.863. The molecule has 0 spiro atoms. The molecule has 0 aliphatic carbocycles. The van der Waals surface area contributed by atoms with E-state index in [1.54, 1.807) is 13.8 Å². The lowest BCUT2D eigenvalue weighted by Crippen LogP contribution is -2.14. The number of benzene rings is 2. The number of aliphatic hydroxyl groups is 1. The Morgan fingerprint density at radius 3 is 2.25 bits per heavy atom. The third-order valence-electron chi connectivity index (χ3n) is 2.62. The molecule has 20 heavy (non-hydrogen) atoms. The van der Waals surface area contributed by atoms with E-state index in [1.807, 2.05) is 54.6 Å². The Bertz CT molecular complexity index is 596. The van der Waals surface area contributed by atoms with Crippen LogP contribution in [0, 0.1) is 11.8 Å². The van der Waals surface area contributed by atoms with Crippen molar-refractivity contribution in [3.8, 4) is 17.6 Å². The van der Waals surface area contributed by atoms with Gasteiger partial charge in [-0.05, 0) is 43.7 Å². The van der Waals surface area contributed by atoms with Crippen LogP contribution in [0.25, 0.3) is 0 Å². The monoisotopic (exact) mass is 266 g/mol. The third kappa shape index (κ3) is 4.79. The van der Waals surface area contributed by atoms with Gasteiger partial charge < -0.3 is 9.84 Å². The zero-order chi connectivity index (χ0) is 14.4. The van der Waals surface area contributed by atoms with Gasteiger partial charge in [-0.1, -0.05) is 42.2 Å². The topological polar surface area (TPSA) is 29.5 Å². The second kappa shape index (κ2) is 6.27. The van der Waals surface area contributed by atoms with E-state index in [0.29, 0.717) is 6.61 Å². The van der Waals surface area contributed by atoms with Crippen molar-refractivity contribution in [1.29, 1.82) is 0 Å². The predicted octanol–water partition coefficient (Wildman–Crippen LogP) is 3.39. The van der Waals surface area contributed by atoms with Crippen LogP contribution in [0.15, 0.2) is 54.6 Å². The minimum absolute atomic E-state index is 0.551. The smallest absolute Gasteiger partial charge is 0.120 e. The average Bonchev–Trinajstić information content (AvgIpc) is 2.44. The lowest BCUT2D eigenvalue weighted by molar-refractivity contribution is 0.143. The molecule has 0 unspecified atom stereocenters. The van der Waals surface area contributed by atoms with E-state index in [-0.39, 0.29) is 0 Å². The lowest BCUT2D eigenvalue weighted by atomic mass is 10.1. The standard InChI is InChI=1S/C18H18O2/c1-18(2,19)13-12-15-8-10-17(11-9-15)20-14-16-6-4-3-5-7-16/h3-11,19H,14H2,1-2H3. The molecular formula is C18H18O2. The number of hydrogen-bond acceptors (Lipinski definition) is 2. The van der Waals surface area contributed by atoms with Crippen LogP contribution < -0.4 is 4.74 Å². The summed E-state index contributed by atoms with van der Waals surface area (Å²) in [5.74, 6) is 6.52. The van der Waals surface area contributed by atoms with Gasteiger partial charge in [-0.3, -0.25) is 0 Å². The molecule has 102 valence electrons. The van der Waals surface area contributed by atoms with Crippen LogP contribution in [-0.2, 0) is 6.61 Å². The molecule has 2 aromatic carbocycles. The molecule has 0 bridgehead atoms. The molecule has 0 saturated heterocycles. The molecule has 2 heteroatoms. The average molecular weight is 266 g/mol. The van der Waals surface area contributed by atoms with Gasteiger partial charge in [-0.25, -0.2) is 0 Å². The first-order valence-electron chi connectivity index (χ1n) is 6.55. The molecular weight excluding hydrogens is 248 g/mol. The van der Waals surface area contributed by atoms with Crippen molar-refractivity contribution in [2.75, 3.05) is 0 Å². The third-order valence-corrected chi connectivity index (χ3v) is 2.62. The normalized spacial score (nSPS) is 10.6. The summed E-state index contributed by atoms with van der Waals surface area (Å²) in [4.78, 5) is 0. The van der Waals surface area contributed by atoms with Gasteiger partial charge in [0.15, 0.2) is 0 Å². The van der Waals surface area contributed by atoms with Crippen molar-refractivity contribution in [3.63, 3.8) is 0 Å². The molecule has 2 nitrogen and oxygen atoms in total. The maximum atomic E-state index is 9.55. The molecule has 0 aromatic heterocycles. The first-order chi connectivity index (χ1) is 9.53. The summed E-state index contributed by atoms with van der Waals surface area (Å²) in [5, 5.41) is 9.55. The Kier molecular flexibility index (Phi) is 4.45. The summed E-state index contributed by atoms with van der Waals surface area (Å²) in [7, 11) is 0. The van der Waals surface area contributed by atoms with E-state index in [9.17, 15) is 5.11 Å². The molecule has 0 aliphatic heterocycles. The fraction of sp³-hybridized carbons (Fsp3) is 0.222. The van der Waals surface area contributed by atoms with E-state index in [0.717, 1.165) is 16.9 Å². The fourth-order valence-corrected chi connectivity index (χ4v) is 1.60. The highest BCUT2D eigenvalue weighted by atomic mass is 16.5. The first kappa shape index (κ1) is 14.2. The highest BCUT2D eigenvalue weighted by molar-refractivity contribution is 5.39. The van der Waals surface area contributed by atoms with Gasteiger partial charge in [0.25, 0.3) is 0 Å². The van der Waals surface area contributed by atoms with E-state index in [2.05, 4.69) is 11.8 Å². The molecule has 0 aliphatic rings. The van der Waals surface area contributed by atoms with Crippen molar-refractivity contribution >= 4 is 0 Å². The van der Waals surface area contributed by atoms with Gasteiger partial charge in [0.1, 0.15) is 18.0 Å². The summed E-state index contributed by atoms with van der Waals surface area (Å²) >= 11 is 0. The Balaban J connectivity index is 1.96. The minimum Gasteiger partial charge on any atom is -0.489 e. The summed E-state index contributed by atoms with van der Waals surface area (Å²) in [6, 6.07) is 17.6. The van der Waals surface area contributed by atoms with Crippen LogP contribution in [-0.4, -0.2) is 10.7 Å². The molecule has 0 saturated carbocycles. The minimum atomic E-state index is -0.970. The molecule has 2 rings (SSSR count). The molecule has 2 aromatic rings. The van der Waals surface area contributed by atoms with Crippen LogP contribution in [0.4, 0.5) is 0 Å². The summed E-state index contributed by atoms with van der Waals surface area (Å²) in [6.45, 7) is 3.88. The second-order valence-corrected chi connectivity index (χ2v) is 5.11. The van der Waals surface area contributed by atoms with Gasteiger partial charge in [0, 0.05) is 5.56 Å². The zero-order valence-electron chi connectivity index (χ0n) is 11.8. The summed E-state index contributed by atoms with van der Waals surface area (Å²) in [6.07, 6.45) is 0. The SMILES string of the molecule is CC(C)(O)C#Cc1ccc(OCc2ccccc2)cc1. The Labute approximate surface area is 120 Å². The van der Waals surface area contributed by atoms with Crippen LogP contribution in [0.2, 0.25) is 0 Å². The van der Waals surface area contributed by atoms with Crippen LogP contribution in [0.5, 0.6) is 5.75 Å². The molecule has 1 N–H and O–H groups in total. The van der Waals surface area contributed by atoms with Gasteiger partial charge in [-0.2, -0.15) is 0 Å². The maximum absolute atomic E-state index is 9.55. The summed E-state index contributed by atoms with van der Waals surface area (Å²) in [5.41, 5.74) is 1.03. The summed E-state index contributed by atoms with van der Waals surface area (Å²) < 4.78 is 5.69. The number of hydrogen-bond donors (Lipinski definition) is 1. The van der Waals surface area contributed by atoms with Crippen molar-refractivity contribution in [3.05, 3.63) is 65.7 Å². The van der Waals surface area contributed by atoms with Crippen molar-refractivity contribution in [2.45, 2.75) is 26.1 Å². The maximum Gasteiger partial charge on any atom is 0.120 e.